The Labute approximate surface area is 150 Å². The average molecular weight is 433 g/mol. The van der Waals surface area contributed by atoms with Crippen molar-refractivity contribution in [3.63, 3.8) is 0 Å². The summed E-state index contributed by atoms with van der Waals surface area (Å²) in [5, 5.41) is 9.37. The number of rotatable bonds is 7. The minimum atomic E-state index is -4.82. The summed E-state index contributed by atoms with van der Waals surface area (Å²) in [6.45, 7) is 3.75. The zero-order chi connectivity index (χ0) is 19.6. The molecule has 1 rings (SSSR count). The lowest BCUT2D eigenvalue weighted by Gasteiger charge is -2.27. The number of hydrogen-bond acceptors (Lipinski definition) is 3. The van der Waals surface area contributed by atoms with Crippen LogP contribution in [0.5, 0.6) is 0 Å². The van der Waals surface area contributed by atoms with Gasteiger partial charge >= 0.3 is 12.1 Å². The summed E-state index contributed by atoms with van der Waals surface area (Å²) in [5.41, 5.74) is -1.89. The summed E-state index contributed by atoms with van der Waals surface area (Å²) >= 11 is 2.74. The summed E-state index contributed by atoms with van der Waals surface area (Å²) in [6.07, 6.45) is -5.85. The molecule has 142 valence electrons. The van der Waals surface area contributed by atoms with Gasteiger partial charge in [-0.1, -0.05) is 6.92 Å². The molecule has 1 aromatic heterocycles. The molecule has 0 aromatic carbocycles. The maximum atomic E-state index is 13.5. The van der Waals surface area contributed by atoms with Gasteiger partial charge in [0.25, 0.3) is 0 Å². The van der Waals surface area contributed by atoms with Gasteiger partial charge in [0.05, 0.1) is 4.47 Å². The quantitative estimate of drug-likeness (QED) is 0.606. The number of carboxylic acids is 1. The van der Waals surface area contributed by atoms with Crippen molar-refractivity contribution in [2.75, 3.05) is 18.0 Å². The molecule has 0 fully saturated rings. The number of carboxylic acid groups (broad SMARTS) is 1. The monoisotopic (exact) mass is 432 g/mol. The molecule has 4 nitrogen and oxygen atoms in total. The average Bonchev–Trinajstić information content (AvgIpc) is 2.49. The number of aromatic carboxylic acids is 1. The predicted molar refractivity (Wildman–Crippen MR) is 86.4 cm³/mol. The van der Waals surface area contributed by atoms with Crippen LogP contribution in [0.15, 0.2) is 4.47 Å². The standard InChI is InChI=1S/C15H18BrF5N2O2/c1-4-14(17,18)6-7-23(5-2)12-9(13(24)25)8(3)10(16)11(22-12)15(19,20)21/h4-7H2,1-3H3,(H,24,25). The van der Waals surface area contributed by atoms with Gasteiger partial charge in [0.1, 0.15) is 11.4 Å². The Hall–Kier alpha value is -1.45. The van der Waals surface area contributed by atoms with Crippen molar-refractivity contribution in [2.45, 2.75) is 45.7 Å². The van der Waals surface area contributed by atoms with Gasteiger partial charge in [0.15, 0.2) is 5.69 Å². The topological polar surface area (TPSA) is 53.4 Å². The van der Waals surface area contributed by atoms with E-state index >= 15 is 0 Å². The first-order valence-electron chi connectivity index (χ1n) is 7.49. The normalized spacial score (nSPS) is 12.4. The van der Waals surface area contributed by atoms with E-state index in [4.69, 9.17) is 0 Å². The molecular formula is C15H18BrF5N2O2. The molecule has 0 saturated carbocycles. The smallest absolute Gasteiger partial charge is 0.434 e. The molecule has 1 aromatic rings. The molecule has 1 N–H and O–H groups in total. The van der Waals surface area contributed by atoms with Gasteiger partial charge in [0, 0.05) is 25.9 Å². The molecule has 25 heavy (non-hydrogen) atoms. The van der Waals surface area contributed by atoms with Crippen LogP contribution in [0.2, 0.25) is 0 Å². The SMILES string of the molecule is CCN(CCC(F)(F)CC)c1nc(C(F)(F)F)c(Br)c(C)c1C(=O)O. The summed E-state index contributed by atoms with van der Waals surface area (Å²) in [4.78, 5) is 16.1. The first-order chi connectivity index (χ1) is 11.4. The molecule has 0 aliphatic heterocycles. The molecule has 10 heteroatoms. The second kappa shape index (κ2) is 7.84. The number of aromatic nitrogens is 1. The van der Waals surface area contributed by atoms with Crippen LogP contribution in [0.1, 0.15) is 48.3 Å². The Balaban J connectivity index is 3.48. The first-order valence-corrected chi connectivity index (χ1v) is 8.28. The van der Waals surface area contributed by atoms with Gasteiger partial charge in [0.2, 0.25) is 5.92 Å². The summed E-state index contributed by atoms with van der Waals surface area (Å²) in [7, 11) is 0. The number of hydrogen-bond donors (Lipinski definition) is 1. The fourth-order valence-corrected chi connectivity index (χ4v) is 2.74. The third kappa shape index (κ3) is 5.02. The van der Waals surface area contributed by atoms with E-state index in [-0.39, 0.29) is 18.7 Å². The van der Waals surface area contributed by atoms with Crippen LogP contribution in [0.3, 0.4) is 0 Å². The van der Waals surface area contributed by atoms with E-state index < -0.39 is 52.5 Å². The van der Waals surface area contributed by atoms with E-state index in [2.05, 4.69) is 20.9 Å². The minimum absolute atomic E-state index is 0.0332. The predicted octanol–water partition coefficient (Wildman–Crippen LogP) is 5.13. The van der Waals surface area contributed by atoms with Gasteiger partial charge in [-0.3, -0.25) is 0 Å². The zero-order valence-electron chi connectivity index (χ0n) is 13.8. The Kier molecular flexibility index (Phi) is 6.77. The Morgan fingerprint density at radius 3 is 2.20 bits per heavy atom. The highest BCUT2D eigenvalue weighted by atomic mass is 79.9. The molecule has 0 unspecified atom stereocenters. The molecule has 1 heterocycles. The van der Waals surface area contributed by atoms with Crippen molar-refractivity contribution >= 4 is 27.7 Å². The molecule has 0 spiro atoms. The molecule has 0 aliphatic rings. The fourth-order valence-electron chi connectivity index (χ4n) is 2.23. The number of nitrogens with zero attached hydrogens (tertiary/aromatic N) is 2. The number of anilines is 1. The van der Waals surface area contributed by atoms with Gasteiger partial charge < -0.3 is 10.0 Å². The number of carbonyl (C=O) groups is 1. The van der Waals surface area contributed by atoms with E-state index in [0.29, 0.717) is 0 Å². The maximum absolute atomic E-state index is 13.5. The third-order valence-electron chi connectivity index (χ3n) is 3.78. The van der Waals surface area contributed by atoms with Crippen molar-refractivity contribution in [1.82, 2.24) is 4.98 Å². The van der Waals surface area contributed by atoms with Crippen molar-refractivity contribution in [1.29, 1.82) is 0 Å². The van der Waals surface area contributed by atoms with E-state index in [0.717, 1.165) is 4.90 Å². The van der Waals surface area contributed by atoms with Gasteiger partial charge in [-0.25, -0.2) is 18.6 Å². The van der Waals surface area contributed by atoms with Crippen LogP contribution in [0.25, 0.3) is 0 Å². The van der Waals surface area contributed by atoms with E-state index in [1.54, 1.807) is 0 Å². The molecule has 0 atom stereocenters. The molecule has 0 radical (unpaired) electrons. The van der Waals surface area contributed by atoms with E-state index in [1.165, 1.54) is 20.8 Å². The summed E-state index contributed by atoms with van der Waals surface area (Å²) in [5.74, 6) is -4.93. The second-order valence-corrected chi connectivity index (χ2v) is 6.23. The third-order valence-corrected chi connectivity index (χ3v) is 4.75. The fraction of sp³-hybridized carbons (Fsp3) is 0.600. The van der Waals surface area contributed by atoms with Crippen LogP contribution in [-0.4, -0.2) is 35.1 Å². The lowest BCUT2D eigenvalue weighted by atomic mass is 10.1. The Bertz CT molecular complexity index is 650. The highest BCUT2D eigenvalue weighted by molar-refractivity contribution is 9.10. The highest BCUT2D eigenvalue weighted by Gasteiger charge is 2.39. The van der Waals surface area contributed by atoms with Crippen molar-refractivity contribution in [3.05, 3.63) is 21.3 Å². The lowest BCUT2D eigenvalue weighted by Crippen LogP contribution is -2.32. The highest BCUT2D eigenvalue weighted by Crippen LogP contribution is 2.39. The van der Waals surface area contributed by atoms with Gasteiger partial charge in [-0.2, -0.15) is 13.2 Å². The van der Waals surface area contributed by atoms with Gasteiger partial charge in [-0.15, -0.1) is 0 Å². The molecule has 0 aliphatic carbocycles. The Morgan fingerprint density at radius 2 is 1.80 bits per heavy atom. The maximum Gasteiger partial charge on any atom is 0.434 e. The molecule has 0 saturated heterocycles. The zero-order valence-corrected chi connectivity index (χ0v) is 15.4. The molecular weight excluding hydrogens is 415 g/mol. The van der Waals surface area contributed by atoms with Crippen molar-refractivity contribution in [2.24, 2.45) is 0 Å². The van der Waals surface area contributed by atoms with Crippen LogP contribution >= 0.6 is 15.9 Å². The van der Waals surface area contributed by atoms with E-state index in [9.17, 15) is 31.9 Å². The van der Waals surface area contributed by atoms with Crippen LogP contribution in [0.4, 0.5) is 27.8 Å². The number of alkyl halides is 5. The minimum Gasteiger partial charge on any atom is -0.478 e. The Morgan fingerprint density at radius 1 is 1.24 bits per heavy atom. The number of halogens is 6. The second-order valence-electron chi connectivity index (χ2n) is 5.44. The first kappa shape index (κ1) is 21.6. The van der Waals surface area contributed by atoms with Crippen LogP contribution in [0, 0.1) is 6.92 Å². The number of pyridine rings is 1. The summed E-state index contributed by atoms with van der Waals surface area (Å²) < 4.78 is 66.0. The lowest BCUT2D eigenvalue weighted by molar-refractivity contribution is -0.141. The molecule has 0 bridgehead atoms. The van der Waals surface area contributed by atoms with Crippen molar-refractivity contribution < 1.29 is 31.9 Å². The largest absolute Gasteiger partial charge is 0.478 e. The molecule has 0 amide bonds. The van der Waals surface area contributed by atoms with Gasteiger partial charge in [-0.05, 0) is 35.3 Å². The van der Waals surface area contributed by atoms with Crippen LogP contribution < -0.4 is 4.90 Å². The summed E-state index contributed by atoms with van der Waals surface area (Å²) in [6, 6.07) is 0. The van der Waals surface area contributed by atoms with Crippen molar-refractivity contribution in [3.8, 4) is 0 Å². The van der Waals surface area contributed by atoms with Crippen LogP contribution in [-0.2, 0) is 6.18 Å². The van der Waals surface area contributed by atoms with E-state index in [1.807, 2.05) is 0 Å².